The first kappa shape index (κ1) is 21.9. The quantitative estimate of drug-likeness (QED) is 0.204. The normalized spacial score (nSPS) is 12.5. The van der Waals surface area contributed by atoms with Gasteiger partial charge in [0, 0.05) is 28.3 Å². The summed E-state index contributed by atoms with van der Waals surface area (Å²) < 4.78 is 8.90. The molecule has 0 N–H and O–H groups in total. The Balaban J connectivity index is 1.94. The molecule has 3 aromatic carbocycles. The van der Waals surface area contributed by atoms with Gasteiger partial charge in [-0.1, -0.05) is 62.9 Å². The predicted octanol–water partition coefficient (Wildman–Crippen LogP) is 7.52. The van der Waals surface area contributed by atoms with Crippen LogP contribution in [0, 0.1) is 13.8 Å². The zero-order valence-electron chi connectivity index (χ0n) is 21.1. The molecule has 0 atom stereocenters. The highest BCUT2D eigenvalue weighted by Crippen LogP contribution is 2.39. The van der Waals surface area contributed by atoms with Crippen LogP contribution in [0.15, 0.2) is 59.0 Å². The lowest BCUT2D eigenvalue weighted by atomic mass is 9.92. The van der Waals surface area contributed by atoms with Gasteiger partial charge in [-0.3, -0.25) is 0 Å². The van der Waals surface area contributed by atoms with E-state index in [4.69, 9.17) is 4.42 Å². The van der Waals surface area contributed by atoms with Crippen molar-refractivity contribution in [2.45, 2.75) is 53.3 Å². The third-order valence-corrected chi connectivity index (χ3v) is 9.30. The Labute approximate surface area is 197 Å². The van der Waals surface area contributed by atoms with Crippen molar-refractivity contribution in [3.05, 3.63) is 71.3 Å². The Morgan fingerprint density at radius 3 is 2.27 bits per heavy atom. The van der Waals surface area contributed by atoms with Gasteiger partial charge in [0.15, 0.2) is 0 Å². The summed E-state index contributed by atoms with van der Waals surface area (Å²) >= 11 is 0. The van der Waals surface area contributed by atoms with E-state index in [2.05, 4.69) is 114 Å². The van der Waals surface area contributed by atoms with E-state index in [1.165, 1.54) is 54.8 Å². The molecular formula is C30H34NOSi+. The van der Waals surface area contributed by atoms with E-state index in [1.54, 1.807) is 0 Å². The maximum Gasteiger partial charge on any atom is 0.217 e. The molecule has 168 valence electrons. The van der Waals surface area contributed by atoms with Crippen molar-refractivity contribution in [1.29, 1.82) is 0 Å². The van der Waals surface area contributed by atoms with Crippen molar-refractivity contribution in [3.8, 4) is 11.3 Å². The van der Waals surface area contributed by atoms with E-state index in [0.717, 1.165) is 11.2 Å². The fourth-order valence-electron chi connectivity index (χ4n) is 5.08. The lowest BCUT2D eigenvalue weighted by Crippen LogP contribution is -2.40. The van der Waals surface area contributed by atoms with Crippen LogP contribution in [0.3, 0.4) is 0 Å². The van der Waals surface area contributed by atoms with E-state index in [-0.39, 0.29) is 0 Å². The van der Waals surface area contributed by atoms with E-state index >= 15 is 0 Å². The van der Waals surface area contributed by atoms with E-state index in [1.807, 2.05) is 0 Å². The minimum absolute atomic E-state index is 0.432. The van der Waals surface area contributed by atoms with Crippen LogP contribution in [-0.4, -0.2) is 8.07 Å². The number of aryl methyl sites for hydroxylation is 2. The molecule has 0 amide bonds. The second-order valence-corrected chi connectivity index (χ2v) is 15.9. The summed E-state index contributed by atoms with van der Waals surface area (Å²) in [6.45, 7) is 16.3. The van der Waals surface area contributed by atoms with Crippen LogP contribution in [0.4, 0.5) is 0 Å². The van der Waals surface area contributed by atoms with Crippen LogP contribution < -0.4 is 9.75 Å². The number of hydrogen-bond acceptors (Lipinski definition) is 1. The van der Waals surface area contributed by atoms with Crippen molar-refractivity contribution in [2.24, 2.45) is 7.05 Å². The molecule has 33 heavy (non-hydrogen) atoms. The number of hydrogen-bond donors (Lipinski definition) is 0. The van der Waals surface area contributed by atoms with Gasteiger partial charge in [0.25, 0.3) is 0 Å². The molecule has 2 nitrogen and oxygen atoms in total. The average molecular weight is 453 g/mol. The largest absolute Gasteiger partial charge is 0.455 e. The van der Waals surface area contributed by atoms with E-state index < -0.39 is 8.07 Å². The zero-order chi connectivity index (χ0) is 23.7. The summed E-state index contributed by atoms with van der Waals surface area (Å²) in [6, 6.07) is 20.2. The van der Waals surface area contributed by atoms with Crippen LogP contribution >= 0.6 is 0 Å². The van der Waals surface area contributed by atoms with Crippen LogP contribution in [0.2, 0.25) is 19.6 Å². The second kappa shape index (κ2) is 7.56. The van der Waals surface area contributed by atoms with Crippen LogP contribution in [0.25, 0.3) is 44.1 Å². The number of furan rings is 1. The number of aromatic nitrogens is 1. The van der Waals surface area contributed by atoms with Gasteiger partial charge in [-0.15, -0.1) is 0 Å². The summed E-state index contributed by atoms with van der Waals surface area (Å²) in [6.07, 6.45) is 0. The Morgan fingerprint density at radius 2 is 1.58 bits per heavy atom. The number of pyridine rings is 1. The zero-order valence-corrected chi connectivity index (χ0v) is 22.1. The van der Waals surface area contributed by atoms with Crippen LogP contribution in [-0.2, 0) is 7.05 Å². The van der Waals surface area contributed by atoms with Gasteiger partial charge in [-0.2, -0.15) is 4.57 Å². The molecule has 0 aliphatic rings. The molecule has 5 rings (SSSR count). The van der Waals surface area contributed by atoms with Gasteiger partial charge in [-0.25, -0.2) is 0 Å². The lowest BCUT2D eigenvalue weighted by molar-refractivity contribution is -0.633. The molecule has 2 aromatic heterocycles. The number of nitrogens with zero attached hydrogens (tertiary/aromatic N) is 1. The molecule has 0 radical (unpaired) electrons. The second-order valence-electron chi connectivity index (χ2n) is 10.8. The average Bonchev–Trinajstić information content (AvgIpc) is 3.12. The first-order chi connectivity index (χ1) is 15.6. The highest BCUT2D eigenvalue weighted by atomic mass is 28.3. The lowest BCUT2D eigenvalue weighted by Gasteiger charge is -2.19. The van der Waals surface area contributed by atoms with Crippen LogP contribution in [0.1, 0.15) is 36.5 Å². The first-order valence-corrected chi connectivity index (χ1v) is 15.5. The third-order valence-electron chi connectivity index (χ3n) is 7.26. The molecule has 0 aliphatic carbocycles. The van der Waals surface area contributed by atoms with Gasteiger partial charge in [0.05, 0.1) is 13.6 Å². The number of fused-ring (bicyclic) bond motifs is 4. The Bertz CT molecular complexity index is 1550. The topological polar surface area (TPSA) is 17.0 Å². The minimum Gasteiger partial charge on any atom is -0.455 e. The van der Waals surface area contributed by atoms with Crippen molar-refractivity contribution >= 4 is 46.1 Å². The van der Waals surface area contributed by atoms with Gasteiger partial charge in [-0.05, 0) is 54.7 Å². The smallest absolute Gasteiger partial charge is 0.217 e. The van der Waals surface area contributed by atoms with E-state index in [0.29, 0.717) is 5.92 Å². The van der Waals surface area contributed by atoms with Crippen LogP contribution in [0.5, 0.6) is 0 Å². The van der Waals surface area contributed by atoms with Crippen molar-refractivity contribution in [1.82, 2.24) is 0 Å². The Hall–Kier alpha value is -2.91. The Morgan fingerprint density at radius 1 is 0.848 bits per heavy atom. The fourth-order valence-corrected chi connectivity index (χ4v) is 6.24. The van der Waals surface area contributed by atoms with Crippen molar-refractivity contribution in [3.63, 3.8) is 0 Å². The van der Waals surface area contributed by atoms with Gasteiger partial charge < -0.3 is 4.42 Å². The fraction of sp³-hybridized carbons (Fsp3) is 0.300. The molecule has 3 heteroatoms. The molecule has 2 heterocycles. The maximum absolute atomic E-state index is 6.51. The van der Waals surface area contributed by atoms with E-state index in [9.17, 15) is 0 Å². The molecule has 0 unspecified atom stereocenters. The molecular weight excluding hydrogens is 418 g/mol. The van der Waals surface area contributed by atoms with Crippen molar-refractivity contribution in [2.75, 3.05) is 0 Å². The molecule has 5 aromatic rings. The molecule has 0 fully saturated rings. The predicted molar refractivity (Wildman–Crippen MR) is 144 cm³/mol. The van der Waals surface area contributed by atoms with Gasteiger partial charge in [0.1, 0.15) is 18.2 Å². The summed E-state index contributed by atoms with van der Waals surface area (Å²) in [5, 5.41) is 5.23. The summed E-state index contributed by atoms with van der Waals surface area (Å²) in [5.74, 6) is 0.432. The maximum atomic E-state index is 6.51. The summed E-state index contributed by atoms with van der Waals surface area (Å²) in [5.41, 5.74) is 9.66. The Kier molecular flexibility index (Phi) is 5.02. The molecule has 0 saturated heterocycles. The first-order valence-electron chi connectivity index (χ1n) is 12.0. The molecule has 0 bridgehead atoms. The molecule has 0 aliphatic heterocycles. The monoisotopic (exact) mass is 452 g/mol. The minimum atomic E-state index is -1.43. The third kappa shape index (κ3) is 3.41. The van der Waals surface area contributed by atoms with Gasteiger partial charge >= 0.3 is 0 Å². The SMILES string of the molecule is Cc1cc2c(oc3ccccc32)c(-c2cc(C(C)C)c3ccc([Si](C)(C)C)cc3[n+]2C)c1C. The summed E-state index contributed by atoms with van der Waals surface area (Å²) in [4.78, 5) is 0. The highest BCUT2D eigenvalue weighted by Gasteiger charge is 2.27. The summed E-state index contributed by atoms with van der Waals surface area (Å²) in [7, 11) is 0.782. The van der Waals surface area contributed by atoms with Gasteiger partial charge in [0.2, 0.25) is 11.2 Å². The number of rotatable bonds is 3. The molecule has 0 spiro atoms. The van der Waals surface area contributed by atoms with Crippen molar-refractivity contribution < 1.29 is 8.98 Å². The number of benzene rings is 3. The standard InChI is InChI=1S/C30H34NOSi/c1-18(2)24-17-27(31(5)26-16-21(33(6,7)8)13-14-22(24)26)29-20(4)19(3)15-25-23-11-9-10-12-28(23)32-30(25)29/h9-18H,1-8H3/q+1. The number of para-hydroxylation sites is 1. The highest BCUT2D eigenvalue weighted by molar-refractivity contribution is 6.88. The molecule has 0 saturated carbocycles.